The van der Waals surface area contributed by atoms with E-state index >= 15 is 0 Å². The van der Waals surface area contributed by atoms with Gasteiger partial charge in [-0.3, -0.25) is 14.4 Å². The van der Waals surface area contributed by atoms with Gasteiger partial charge >= 0.3 is 0 Å². The topological polar surface area (TPSA) is 54.5 Å². The fraction of sp³-hybridized carbons (Fsp3) is 0.150. The van der Waals surface area contributed by atoms with Gasteiger partial charge in [-0.15, -0.1) is 0 Å². The number of carbonyl (C=O) groups excluding carboxylic acids is 3. The van der Waals surface area contributed by atoms with Crippen molar-refractivity contribution in [2.45, 2.75) is 20.8 Å². The molecule has 0 atom stereocenters. The maximum absolute atomic E-state index is 15.0. The minimum atomic E-state index is -1.15. The Morgan fingerprint density at radius 1 is 1.04 bits per heavy atom. The number of rotatable bonds is 2. The van der Waals surface area contributed by atoms with Crippen LogP contribution in [-0.4, -0.2) is 17.6 Å². The van der Waals surface area contributed by atoms with Crippen LogP contribution in [0.4, 0.5) is 10.1 Å². The molecule has 0 spiro atoms. The predicted molar refractivity (Wildman–Crippen MR) is 92.9 cm³/mol. The number of nitrogens with zero attached hydrogens (tertiary/aromatic N) is 1. The van der Waals surface area contributed by atoms with Crippen LogP contribution in [0, 0.1) is 13.8 Å². The molecule has 4 nitrogen and oxygen atoms in total. The first kappa shape index (κ1) is 16.8. The van der Waals surface area contributed by atoms with E-state index in [4.69, 9.17) is 0 Å². The van der Waals surface area contributed by atoms with Crippen molar-refractivity contribution in [2.24, 2.45) is 0 Å². The number of fused-ring (bicyclic) bond motifs is 1. The summed E-state index contributed by atoms with van der Waals surface area (Å²) in [5.74, 6) is -3.35. The molecule has 126 valence electrons. The molecule has 3 rings (SSSR count). The van der Waals surface area contributed by atoms with E-state index < -0.39 is 23.4 Å². The fourth-order valence-electron chi connectivity index (χ4n) is 3.12. The summed E-state index contributed by atoms with van der Waals surface area (Å²) in [5.41, 5.74) is 1.90. The zero-order chi connectivity index (χ0) is 18.3. The minimum absolute atomic E-state index is 0.146. The van der Waals surface area contributed by atoms with Crippen molar-refractivity contribution < 1.29 is 18.8 Å². The average molecular weight is 337 g/mol. The van der Waals surface area contributed by atoms with Crippen molar-refractivity contribution in [3.05, 3.63) is 70.5 Å². The van der Waals surface area contributed by atoms with E-state index in [1.807, 2.05) is 13.0 Å². The summed E-state index contributed by atoms with van der Waals surface area (Å²) in [6.07, 6.45) is 0. The Balaban J connectivity index is 2.26. The van der Waals surface area contributed by atoms with Crippen LogP contribution in [-0.2, 0) is 9.59 Å². The first-order chi connectivity index (χ1) is 11.8. The zero-order valence-corrected chi connectivity index (χ0v) is 14.1. The number of Topliss-reactive ketones (excluding diaryl/α,β-unsaturated/α-hetero) is 1. The van der Waals surface area contributed by atoms with E-state index in [0.717, 1.165) is 10.5 Å². The maximum atomic E-state index is 15.0. The SMILES string of the molecule is CC(=O)N1C(=O)/C(=C(/F)C(=O)c2ccccc2)c2cc(C)cc(C)c21. The van der Waals surface area contributed by atoms with Crippen LogP contribution in [0.3, 0.4) is 0 Å². The lowest BCUT2D eigenvalue weighted by Gasteiger charge is -2.15. The number of aryl methyl sites for hydroxylation is 2. The third kappa shape index (κ3) is 2.67. The third-order valence-corrected chi connectivity index (χ3v) is 4.12. The van der Waals surface area contributed by atoms with Gasteiger partial charge in [-0.2, -0.15) is 0 Å². The number of hydrogen-bond donors (Lipinski definition) is 0. The summed E-state index contributed by atoms with van der Waals surface area (Å²) in [4.78, 5) is 38.0. The summed E-state index contributed by atoms with van der Waals surface area (Å²) in [5, 5.41) is 0. The van der Waals surface area contributed by atoms with Crippen molar-refractivity contribution in [2.75, 3.05) is 4.90 Å². The lowest BCUT2D eigenvalue weighted by atomic mass is 9.98. The van der Waals surface area contributed by atoms with Crippen molar-refractivity contribution >= 4 is 28.9 Å². The van der Waals surface area contributed by atoms with Crippen LogP contribution < -0.4 is 4.90 Å². The first-order valence-electron chi connectivity index (χ1n) is 7.79. The number of ketones is 1. The number of hydrogen-bond acceptors (Lipinski definition) is 3. The molecule has 0 unspecified atom stereocenters. The van der Waals surface area contributed by atoms with Crippen molar-refractivity contribution in [1.29, 1.82) is 0 Å². The fourth-order valence-corrected chi connectivity index (χ4v) is 3.12. The van der Waals surface area contributed by atoms with E-state index in [2.05, 4.69) is 0 Å². The molecule has 2 amide bonds. The largest absolute Gasteiger partial charge is 0.286 e. The van der Waals surface area contributed by atoms with Crippen molar-refractivity contribution in [1.82, 2.24) is 0 Å². The highest BCUT2D eigenvalue weighted by Crippen LogP contribution is 2.42. The van der Waals surface area contributed by atoms with Gasteiger partial charge in [0, 0.05) is 18.1 Å². The Morgan fingerprint density at radius 3 is 2.28 bits per heavy atom. The molecule has 0 saturated carbocycles. The van der Waals surface area contributed by atoms with E-state index in [1.54, 1.807) is 31.2 Å². The number of anilines is 1. The molecule has 0 radical (unpaired) electrons. The highest BCUT2D eigenvalue weighted by atomic mass is 19.1. The van der Waals surface area contributed by atoms with Crippen molar-refractivity contribution in [3.63, 3.8) is 0 Å². The maximum Gasteiger partial charge on any atom is 0.268 e. The molecule has 1 heterocycles. The van der Waals surface area contributed by atoms with Gasteiger partial charge in [0.05, 0.1) is 11.3 Å². The Kier molecular flexibility index (Phi) is 4.08. The predicted octanol–water partition coefficient (Wildman–Crippen LogP) is 3.76. The number of benzene rings is 2. The normalized spacial score (nSPS) is 15.2. The van der Waals surface area contributed by atoms with E-state index in [-0.39, 0.29) is 16.7 Å². The number of allylic oxidation sites excluding steroid dienone is 1. The van der Waals surface area contributed by atoms with Gasteiger partial charge in [-0.05, 0) is 25.5 Å². The molecule has 0 aliphatic carbocycles. The zero-order valence-electron chi connectivity index (χ0n) is 14.1. The lowest BCUT2D eigenvalue weighted by Crippen LogP contribution is -2.32. The van der Waals surface area contributed by atoms with Crippen LogP contribution in [0.15, 0.2) is 48.3 Å². The van der Waals surface area contributed by atoms with Crippen LogP contribution in [0.5, 0.6) is 0 Å². The van der Waals surface area contributed by atoms with Crippen molar-refractivity contribution in [3.8, 4) is 0 Å². The van der Waals surface area contributed by atoms with Gasteiger partial charge in [0.25, 0.3) is 5.91 Å². The van der Waals surface area contributed by atoms with Crippen LogP contribution in [0.1, 0.15) is 34.0 Å². The molecule has 0 bridgehead atoms. The highest BCUT2D eigenvalue weighted by molar-refractivity contribution is 6.42. The summed E-state index contributed by atoms with van der Waals surface area (Å²) in [6.45, 7) is 4.79. The van der Waals surface area contributed by atoms with E-state index in [1.165, 1.54) is 19.1 Å². The molecule has 5 heteroatoms. The second-order valence-corrected chi connectivity index (χ2v) is 6.02. The number of imide groups is 1. The van der Waals surface area contributed by atoms with Crippen LogP contribution in [0.25, 0.3) is 5.57 Å². The molecular weight excluding hydrogens is 321 g/mol. The smallest absolute Gasteiger partial charge is 0.268 e. The number of halogens is 1. The monoisotopic (exact) mass is 337 g/mol. The molecule has 25 heavy (non-hydrogen) atoms. The van der Waals surface area contributed by atoms with Crippen LogP contribution in [0.2, 0.25) is 0 Å². The van der Waals surface area contributed by atoms with Crippen LogP contribution >= 0.6 is 0 Å². The molecule has 0 saturated heterocycles. The van der Waals surface area contributed by atoms with Gasteiger partial charge in [-0.1, -0.05) is 42.0 Å². The Hall–Kier alpha value is -3.08. The number of amides is 2. The Labute approximate surface area is 144 Å². The van der Waals surface area contributed by atoms with E-state index in [0.29, 0.717) is 11.3 Å². The quantitative estimate of drug-likeness (QED) is 0.619. The summed E-state index contributed by atoms with van der Waals surface area (Å²) in [6, 6.07) is 11.3. The molecule has 0 N–H and O–H groups in total. The molecular formula is C20H16FNO3. The lowest BCUT2D eigenvalue weighted by molar-refractivity contribution is -0.122. The van der Waals surface area contributed by atoms with E-state index in [9.17, 15) is 18.8 Å². The second kappa shape index (κ2) is 6.09. The highest BCUT2D eigenvalue weighted by Gasteiger charge is 2.40. The average Bonchev–Trinajstić information content (AvgIpc) is 2.86. The Bertz CT molecular complexity index is 945. The van der Waals surface area contributed by atoms with Gasteiger partial charge in [0.15, 0.2) is 5.83 Å². The summed E-state index contributed by atoms with van der Waals surface area (Å²) < 4.78 is 15.0. The molecule has 1 aliphatic heterocycles. The molecule has 0 fully saturated rings. The Morgan fingerprint density at radius 2 is 1.68 bits per heavy atom. The third-order valence-electron chi connectivity index (χ3n) is 4.12. The first-order valence-corrected chi connectivity index (χ1v) is 7.79. The molecule has 0 aromatic heterocycles. The van der Waals surface area contributed by atoms with Gasteiger partial charge < -0.3 is 0 Å². The molecule has 2 aromatic carbocycles. The van der Waals surface area contributed by atoms with Gasteiger partial charge in [-0.25, -0.2) is 9.29 Å². The molecule has 2 aromatic rings. The standard InChI is InChI=1S/C20H16FNO3/c1-11-9-12(2)18-15(10-11)16(20(25)22(18)13(3)23)17(21)19(24)14-7-5-4-6-8-14/h4-10H,1-3H3/b17-16+. The van der Waals surface area contributed by atoms with Gasteiger partial charge in [0.1, 0.15) is 0 Å². The second-order valence-electron chi connectivity index (χ2n) is 6.02. The summed E-state index contributed by atoms with van der Waals surface area (Å²) in [7, 11) is 0. The van der Waals surface area contributed by atoms with Gasteiger partial charge in [0.2, 0.25) is 11.7 Å². The molecule has 1 aliphatic rings. The summed E-state index contributed by atoms with van der Waals surface area (Å²) >= 11 is 0. The number of carbonyl (C=O) groups is 3. The minimum Gasteiger partial charge on any atom is -0.286 e.